The van der Waals surface area contributed by atoms with E-state index in [1.54, 1.807) is 19.2 Å². The zero-order valence-corrected chi connectivity index (χ0v) is 14.0. The normalized spacial score (nSPS) is 28.1. The van der Waals surface area contributed by atoms with Crippen LogP contribution in [0.15, 0.2) is 24.3 Å². The van der Waals surface area contributed by atoms with Crippen LogP contribution in [-0.2, 0) is 20.9 Å². The van der Waals surface area contributed by atoms with Gasteiger partial charge in [0.15, 0.2) is 6.10 Å². The Kier molecular flexibility index (Phi) is 4.01. The van der Waals surface area contributed by atoms with Crippen LogP contribution in [0.2, 0.25) is 0 Å². The standard InChI is InChI=1S/C16H19NO5S/c1-16(2)12(17-13(19)11(18)14(17)23-16)15(20)22-8-9-4-6-10(21-3)7-5-9/h4-7,11-12,14,18H,8H2,1-3H3/t11-,12-,14+/m0/s1. The van der Waals surface area contributed by atoms with E-state index in [2.05, 4.69) is 0 Å². The van der Waals surface area contributed by atoms with Crippen molar-refractivity contribution in [1.29, 1.82) is 0 Å². The predicted molar refractivity (Wildman–Crippen MR) is 84.9 cm³/mol. The Balaban J connectivity index is 1.66. The second-order valence-electron chi connectivity index (χ2n) is 6.16. The number of β-lactam (4-membered cyclic amide) rings is 1. The minimum Gasteiger partial charge on any atom is -0.497 e. The number of hydrogen-bond acceptors (Lipinski definition) is 6. The molecule has 3 atom stereocenters. The number of esters is 1. The van der Waals surface area contributed by atoms with Crippen LogP contribution in [0.4, 0.5) is 0 Å². The maximum absolute atomic E-state index is 12.5. The lowest BCUT2D eigenvalue weighted by Gasteiger charge is -2.41. The number of rotatable bonds is 4. The number of thioether (sulfide) groups is 1. The average Bonchev–Trinajstić information content (AvgIpc) is 2.81. The SMILES string of the molecule is COc1ccc(COC(=O)[C@@H]2N3C(=O)[C@H](O)[C@H]3SC2(C)C)cc1. The third kappa shape index (κ3) is 2.68. The van der Waals surface area contributed by atoms with E-state index in [1.165, 1.54) is 16.7 Å². The van der Waals surface area contributed by atoms with E-state index in [0.29, 0.717) is 0 Å². The Hall–Kier alpha value is -1.73. The highest BCUT2D eigenvalue weighted by atomic mass is 32.2. The number of aliphatic hydroxyl groups is 1. The van der Waals surface area contributed by atoms with E-state index in [4.69, 9.17) is 9.47 Å². The Morgan fingerprint density at radius 1 is 1.35 bits per heavy atom. The van der Waals surface area contributed by atoms with E-state index >= 15 is 0 Å². The van der Waals surface area contributed by atoms with Gasteiger partial charge in [0.2, 0.25) is 0 Å². The predicted octanol–water partition coefficient (Wildman–Crippen LogP) is 1.16. The second-order valence-corrected chi connectivity index (χ2v) is 7.93. The van der Waals surface area contributed by atoms with Crippen LogP contribution >= 0.6 is 11.8 Å². The molecular weight excluding hydrogens is 318 g/mol. The summed E-state index contributed by atoms with van der Waals surface area (Å²) >= 11 is 1.43. The molecule has 1 aromatic carbocycles. The molecule has 0 aromatic heterocycles. The number of hydrogen-bond donors (Lipinski definition) is 1. The van der Waals surface area contributed by atoms with Crippen LogP contribution in [-0.4, -0.2) is 51.3 Å². The molecule has 2 heterocycles. The molecule has 1 N–H and O–H groups in total. The van der Waals surface area contributed by atoms with E-state index in [0.717, 1.165) is 11.3 Å². The van der Waals surface area contributed by atoms with E-state index in [1.807, 2.05) is 26.0 Å². The maximum Gasteiger partial charge on any atom is 0.330 e. The van der Waals surface area contributed by atoms with Crippen LogP contribution < -0.4 is 4.74 Å². The molecule has 0 bridgehead atoms. The Morgan fingerprint density at radius 2 is 2.00 bits per heavy atom. The summed E-state index contributed by atoms with van der Waals surface area (Å²) in [6.07, 6.45) is -1.02. The fourth-order valence-electron chi connectivity index (χ4n) is 2.93. The van der Waals surface area contributed by atoms with Crippen molar-refractivity contribution in [3.8, 4) is 5.75 Å². The minimum atomic E-state index is -1.02. The van der Waals surface area contributed by atoms with Gasteiger partial charge in [-0.15, -0.1) is 11.8 Å². The summed E-state index contributed by atoms with van der Waals surface area (Å²) < 4.78 is 9.98. The van der Waals surface area contributed by atoms with Crippen LogP contribution in [0.5, 0.6) is 5.75 Å². The number of nitrogens with zero attached hydrogens (tertiary/aromatic N) is 1. The van der Waals surface area contributed by atoms with Crippen molar-refractivity contribution in [1.82, 2.24) is 4.90 Å². The maximum atomic E-state index is 12.5. The minimum absolute atomic E-state index is 0.134. The van der Waals surface area contributed by atoms with Crippen molar-refractivity contribution >= 4 is 23.6 Å². The first-order chi connectivity index (χ1) is 10.8. The molecule has 23 heavy (non-hydrogen) atoms. The lowest BCUT2D eigenvalue weighted by Crippen LogP contribution is -2.65. The third-order valence-electron chi connectivity index (χ3n) is 4.18. The Morgan fingerprint density at radius 3 is 2.61 bits per heavy atom. The number of benzene rings is 1. The molecule has 6 nitrogen and oxygen atoms in total. The van der Waals surface area contributed by atoms with Gasteiger partial charge in [-0.2, -0.15) is 0 Å². The van der Waals surface area contributed by atoms with Crippen molar-refractivity contribution in [2.45, 2.75) is 42.7 Å². The smallest absolute Gasteiger partial charge is 0.330 e. The zero-order chi connectivity index (χ0) is 16.8. The number of aliphatic hydroxyl groups excluding tert-OH is 1. The van der Waals surface area contributed by atoms with Gasteiger partial charge in [0.1, 0.15) is 23.8 Å². The number of methoxy groups -OCH3 is 1. The highest BCUT2D eigenvalue weighted by Crippen LogP contribution is 2.51. The number of carbonyl (C=O) groups excluding carboxylic acids is 2. The van der Waals surface area contributed by atoms with Crippen molar-refractivity contribution in [3.05, 3.63) is 29.8 Å². The van der Waals surface area contributed by atoms with Gasteiger partial charge in [-0.25, -0.2) is 4.79 Å². The molecule has 0 aliphatic carbocycles. The zero-order valence-electron chi connectivity index (χ0n) is 13.2. The van der Waals surface area contributed by atoms with Crippen LogP contribution in [0.3, 0.4) is 0 Å². The molecule has 2 saturated heterocycles. The van der Waals surface area contributed by atoms with Crippen LogP contribution in [0.25, 0.3) is 0 Å². The molecular formula is C16H19NO5S. The summed E-state index contributed by atoms with van der Waals surface area (Å²) in [5.74, 6) is -0.114. The molecule has 3 rings (SSSR count). The first-order valence-electron chi connectivity index (χ1n) is 7.33. The fourth-order valence-corrected chi connectivity index (χ4v) is 4.47. The molecule has 0 radical (unpaired) electrons. The molecule has 124 valence electrons. The van der Waals surface area contributed by atoms with Gasteiger partial charge in [0.25, 0.3) is 5.91 Å². The van der Waals surface area contributed by atoms with Crippen molar-refractivity contribution in [2.75, 3.05) is 7.11 Å². The molecule has 1 aromatic rings. The van der Waals surface area contributed by atoms with Gasteiger partial charge >= 0.3 is 5.97 Å². The van der Waals surface area contributed by atoms with Gasteiger partial charge < -0.3 is 19.5 Å². The average molecular weight is 337 g/mol. The van der Waals surface area contributed by atoms with Gasteiger partial charge in [-0.05, 0) is 31.5 Å². The fraction of sp³-hybridized carbons (Fsp3) is 0.500. The van der Waals surface area contributed by atoms with Crippen LogP contribution in [0, 0.1) is 0 Å². The third-order valence-corrected chi connectivity index (χ3v) is 5.73. The Bertz CT molecular complexity index is 630. The summed E-state index contributed by atoms with van der Waals surface area (Å²) in [6, 6.07) is 6.56. The Labute approximate surface area is 138 Å². The second kappa shape index (κ2) is 5.72. The van der Waals surface area contributed by atoms with E-state index in [9.17, 15) is 14.7 Å². The van der Waals surface area contributed by atoms with Crippen LogP contribution in [0.1, 0.15) is 19.4 Å². The lowest BCUT2D eigenvalue weighted by molar-refractivity contribution is -0.172. The monoisotopic (exact) mass is 337 g/mol. The molecule has 1 amide bonds. The molecule has 0 spiro atoms. The summed E-state index contributed by atoms with van der Waals surface area (Å²) in [7, 11) is 1.59. The van der Waals surface area contributed by atoms with E-state index < -0.39 is 28.8 Å². The van der Waals surface area contributed by atoms with Gasteiger partial charge in [0.05, 0.1) is 7.11 Å². The van der Waals surface area contributed by atoms with Crippen molar-refractivity contribution in [3.63, 3.8) is 0 Å². The molecule has 2 aliphatic heterocycles. The molecule has 0 unspecified atom stereocenters. The number of ether oxygens (including phenoxy) is 2. The highest BCUT2D eigenvalue weighted by molar-refractivity contribution is 8.01. The lowest BCUT2D eigenvalue weighted by atomic mass is 9.97. The summed E-state index contributed by atoms with van der Waals surface area (Å²) in [6.45, 7) is 3.90. The molecule has 7 heteroatoms. The largest absolute Gasteiger partial charge is 0.497 e. The summed E-state index contributed by atoms with van der Waals surface area (Å²) in [5.41, 5.74) is 0.842. The number of fused-ring (bicyclic) bond motifs is 1. The number of carbonyl (C=O) groups is 2. The van der Waals surface area contributed by atoms with E-state index in [-0.39, 0.29) is 12.0 Å². The molecule has 2 aliphatic rings. The molecule has 2 fully saturated rings. The first kappa shape index (κ1) is 16.1. The summed E-state index contributed by atoms with van der Waals surface area (Å²) in [5, 5.41) is 9.35. The topological polar surface area (TPSA) is 76.1 Å². The first-order valence-corrected chi connectivity index (χ1v) is 8.21. The van der Waals surface area contributed by atoms with Gasteiger partial charge in [-0.3, -0.25) is 4.79 Å². The molecule has 0 saturated carbocycles. The van der Waals surface area contributed by atoms with Crippen molar-refractivity contribution < 1.29 is 24.2 Å². The number of amides is 1. The highest BCUT2D eigenvalue weighted by Gasteiger charge is 2.63. The quantitative estimate of drug-likeness (QED) is 0.656. The summed E-state index contributed by atoms with van der Waals surface area (Å²) in [4.78, 5) is 25.7. The van der Waals surface area contributed by atoms with Crippen molar-refractivity contribution in [2.24, 2.45) is 0 Å². The van der Waals surface area contributed by atoms with Gasteiger partial charge in [-0.1, -0.05) is 12.1 Å². The van der Waals surface area contributed by atoms with Gasteiger partial charge in [0, 0.05) is 4.75 Å².